The highest BCUT2D eigenvalue weighted by atomic mass is 16.7. The smallest absolute Gasteiger partial charge is 0.438 e. The molecule has 0 aromatic heterocycles. The van der Waals surface area contributed by atoms with Crippen molar-refractivity contribution in [3.05, 3.63) is 11.6 Å². The van der Waals surface area contributed by atoms with Gasteiger partial charge in [0.2, 0.25) is 0 Å². The van der Waals surface area contributed by atoms with Crippen LogP contribution in [-0.4, -0.2) is 47.1 Å². The number of hydrogen-bond acceptors (Lipinski definition) is 6. The minimum Gasteiger partial charge on any atom is -0.438 e. The molecule has 3 fully saturated rings. The molecule has 3 saturated carbocycles. The van der Waals surface area contributed by atoms with E-state index in [1.165, 1.54) is 7.11 Å². The molecule has 6 heteroatoms. The second-order valence-corrected chi connectivity index (χ2v) is 9.77. The lowest BCUT2D eigenvalue weighted by molar-refractivity contribution is -0.143. The summed E-state index contributed by atoms with van der Waals surface area (Å²) >= 11 is 0. The van der Waals surface area contributed by atoms with Gasteiger partial charge in [-0.15, -0.1) is 6.42 Å². The second-order valence-electron chi connectivity index (χ2n) is 9.77. The van der Waals surface area contributed by atoms with Crippen LogP contribution in [-0.2, 0) is 14.3 Å². The zero-order valence-electron chi connectivity index (χ0n) is 17.3. The molecule has 0 aromatic rings. The number of ether oxygens (including phenoxy) is 2. The Morgan fingerprint density at radius 1 is 1.24 bits per heavy atom. The number of terminal acetylenes is 1. The normalized spacial score (nSPS) is 48.5. The Bertz CT molecular complexity index is 811. The molecule has 6 nitrogen and oxygen atoms in total. The first-order valence-electron chi connectivity index (χ1n) is 10.5. The predicted molar refractivity (Wildman–Crippen MR) is 105 cm³/mol. The molecule has 0 spiro atoms. The van der Waals surface area contributed by atoms with Crippen LogP contribution in [0.5, 0.6) is 0 Å². The molecule has 4 aliphatic carbocycles. The molecule has 0 bridgehead atoms. The minimum absolute atomic E-state index is 0.119. The SMILES string of the molecule is C#C[C@]1(O)C(=O)CC2C3C(CC[C@@]21C)[C@@]1(C)CC[C@H](OC(=O)OC)CC1=C[C@@H]3O. The van der Waals surface area contributed by atoms with Crippen LogP contribution in [0.25, 0.3) is 0 Å². The molecule has 0 aromatic carbocycles. The standard InChI is InChI=1S/C23H30O6/c1-5-23(27)18(25)12-16-19-15(7-9-22(16,23)3)21(2)8-6-14(29-20(26)28-4)10-13(21)11-17(19)24/h1,11,14-17,19,24,27H,6-10,12H2,2-4H3/t14-,15?,16?,17-,19?,21-,22-,23-/m0/s1. The number of carbonyl (C=O) groups is 2. The van der Waals surface area contributed by atoms with Crippen molar-refractivity contribution in [3.8, 4) is 12.3 Å². The summed E-state index contributed by atoms with van der Waals surface area (Å²) in [6, 6.07) is 0. The number of hydrogen-bond donors (Lipinski definition) is 2. The van der Waals surface area contributed by atoms with Crippen LogP contribution in [0.2, 0.25) is 0 Å². The number of aliphatic hydroxyl groups excluding tert-OH is 1. The van der Waals surface area contributed by atoms with Crippen molar-refractivity contribution in [2.45, 2.75) is 70.2 Å². The largest absolute Gasteiger partial charge is 0.508 e. The van der Waals surface area contributed by atoms with Gasteiger partial charge in [0.05, 0.1) is 13.2 Å². The van der Waals surface area contributed by atoms with Gasteiger partial charge in [-0.1, -0.05) is 31.4 Å². The van der Waals surface area contributed by atoms with E-state index < -0.39 is 23.3 Å². The van der Waals surface area contributed by atoms with Crippen LogP contribution < -0.4 is 0 Å². The third-order valence-electron chi connectivity index (χ3n) is 8.75. The van der Waals surface area contributed by atoms with E-state index in [4.69, 9.17) is 11.2 Å². The van der Waals surface area contributed by atoms with Gasteiger partial charge in [-0.25, -0.2) is 4.79 Å². The van der Waals surface area contributed by atoms with Crippen molar-refractivity contribution in [1.29, 1.82) is 0 Å². The zero-order chi connectivity index (χ0) is 21.2. The maximum absolute atomic E-state index is 12.7. The lowest BCUT2D eigenvalue weighted by Gasteiger charge is -2.59. The monoisotopic (exact) mass is 402 g/mol. The fourth-order valence-electron chi connectivity index (χ4n) is 6.97. The topological polar surface area (TPSA) is 93.1 Å². The highest BCUT2D eigenvalue weighted by Crippen LogP contribution is 2.66. The fraction of sp³-hybridized carbons (Fsp3) is 0.739. The quantitative estimate of drug-likeness (QED) is 0.398. The van der Waals surface area contributed by atoms with Crippen LogP contribution in [0.15, 0.2) is 11.6 Å². The Hall–Kier alpha value is -1.84. The van der Waals surface area contributed by atoms with Gasteiger partial charge in [-0.05, 0) is 48.9 Å². The van der Waals surface area contributed by atoms with Gasteiger partial charge in [0.1, 0.15) is 6.10 Å². The summed E-state index contributed by atoms with van der Waals surface area (Å²) in [7, 11) is 1.29. The molecule has 3 unspecified atom stereocenters. The summed E-state index contributed by atoms with van der Waals surface area (Å²) in [5, 5.41) is 22.1. The number of methoxy groups -OCH3 is 1. The summed E-state index contributed by atoms with van der Waals surface area (Å²) in [4.78, 5) is 24.2. The Morgan fingerprint density at radius 3 is 2.62 bits per heavy atom. The van der Waals surface area contributed by atoms with E-state index in [0.717, 1.165) is 24.8 Å². The van der Waals surface area contributed by atoms with Gasteiger partial charge in [0, 0.05) is 18.3 Å². The predicted octanol–water partition coefficient (Wildman–Crippen LogP) is 2.61. The average Bonchev–Trinajstić information content (AvgIpc) is 2.90. The third-order valence-corrected chi connectivity index (χ3v) is 8.75. The highest BCUT2D eigenvalue weighted by molar-refractivity contribution is 5.94. The molecular weight excluding hydrogens is 372 g/mol. The van der Waals surface area contributed by atoms with Gasteiger partial charge >= 0.3 is 6.16 Å². The van der Waals surface area contributed by atoms with Crippen LogP contribution in [0.3, 0.4) is 0 Å². The summed E-state index contributed by atoms with van der Waals surface area (Å²) in [5.74, 6) is 2.02. The maximum atomic E-state index is 12.7. The number of rotatable bonds is 1. The van der Waals surface area contributed by atoms with E-state index in [1.54, 1.807) is 0 Å². The van der Waals surface area contributed by atoms with Gasteiger partial charge in [0.15, 0.2) is 11.4 Å². The second kappa shape index (κ2) is 6.58. The van der Waals surface area contributed by atoms with E-state index in [9.17, 15) is 19.8 Å². The fourth-order valence-corrected chi connectivity index (χ4v) is 6.97. The lowest BCUT2D eigenvalue weighted by Crippen LogP contribution is -2.58. The van der Waals surface area contributed by atoms with Crippen molar-refractivity contribution < 1.29 is 29.3 Å². The molecule has 4 rings (SSSR count). The Kier molecular flexibility index (Phi) is 4.64. The molecule has 2 N–H and O–H groups in total. The van der Waals surface area contributed by atoms with E-state index in [1.807, 2.05) is 13.0 Å². The Morgan fingerprint density at radius 2 is 1.97 bits per heavy atom. The number of aliphatic hydroxyl groups is 2. The summed E-state index contributed by atoms with van der Waals surface area (Å²) < 4.78 is 9.98. The van der Waals surface area contributed by atoms with Gasteiger partial charge < -0.3 is 19.7 Å². The van der Waals surface area contributed by atoms with E-state index in [2.05, 4.69) is 17.6 Å². The highest BCUT2D eigenvalue weighted by Gasteiger charge is 2.68. The number of fused-ring (bicyclic) bond motifs is 5. The summed E-state index contributed by atoms with van der Waals surface area (Å²) in [5.41, 5.74) is -1.47. The van der Waals surface area contributed by atoms with Crippen LogP contribution in [0, 0.1) is 40.9 Å². The Balaban J connectivity index is 1.66. The van der Waals surface area contributed by atoms with Crippen molar-refractivity contribution in [2.24, 2.45) is 28.6 Å². The molecule has 4 aliphatic rings. The van der Waals surface area contributed by atoms with Crippen molar-refractivity contribution in [1.82, 2.24) is 0 Å². The number of carbonyl (C=O) groups excluding carboxylic acids is 2. The van der Waals surface area contributed by atoms with Gasteiger partial charge in [0.25, 0.3) is 0 Å². The van der Waals surface area contributed by atoms with Crippen molar-refractivity contribution in [2.75, 3.05) is 7.11 Å². The maximum Gasteiger partial charge on any atom is 0.508 e. The van der Waals surface area contributed by atoms with Gasteiger partial charge in [-0.2, -0.15) is 0 Å². The molecule has 0 saturated heterocycles. The van der Waals surface area contributed by atoms with Crippen molar-refractivity contribution >= 4 is 11.9 Å². The average molecular weight is 402 g/mol. The summed E-state index contributed by atoms with van der Waals surface area (Å²) in [6.45, 7) is 4.14. The van der Waals surface area contributed by atoms with E-state index in [0.29, 0.717) is 12.8 Å². The summed E-state index contributed by atoms with van der Waals surface area (Å²) in [6.07, 6.45) is 9.68. The molecule has 29 heavy (non-hydrogen) atoms. The van der Waals surface area contributed by atoms with Gasteiger partial charge in [-0.3, -0.25) is 4.79 Å². The first kappa shape index (κ1) is 20.4. The number of Topliss-reactive ketones (excluding diaryl/α,β-unsaturated/α-hetero) is 1. The molecular formula is C23H30O6. The first-order valence-corrected chi connectivity index (χ1v) is 10.5. The van der Waals surface area contributed by atoms with Crippen LogP contribution >= 0.6 is 0 Å². The third kappa shape index (κ3) is 2.63. The molecule has 8 atom stereocenters. The van der Waals surface area contributed by atoms with Crippen molar-refractivity contribution in [3.63, 3.8) is 0 Å². The Labute approximate surface area is 171 Å². The van der Waals surface area contributed by atoms with E-state index in [-0.39, 0.29) is 41.5 Å². The molecule has 0 amide bonds. The molecule has 0 heterocycles. The van der Waals surface area contributed by atoms with Crippen LogP contribution in [0.4, 0.5) is 4.79 Å². The van der Waals surface area contributed by atoms with Crippen LogP contribution in [0.1, 0.15) is 52.4 Å². The lowest BCUT2D eigenvalue weighted by atomic mass is 9.46. The zero-order valence-corrected chi connectivity index (χ0v) is 17.3. The molecule has 158 valence electrons. The van der Waals surface area contributed by atoms with E-state index >= 15 is 0 Å². The minimum atomic E-state index is -1.75. The number of ketones is 1. The first-order chi connectivity index (χ1) is 13.6. The molecule has 0 radical (unpaired) electrons. The molecule has 0 aliphatic heterocycles.